The van der Waals surface area contributed by atoms with Crippen LogP contribution >= 0.6 is 0 Å². The fraction of sp³-hybridized carbons (Fsp3) is 0.471. The monoisotopic (exact) mass is 380 g/mol. The van der Waals surface area contributed by atoms with Crippen LogP contribution in [0.4, 0.5) is 4.39 Å². The van der Waals surface area contributed by atoms with Gasteiger partial charge in [0.25, 0.3) is 5.91 Å². The van der Waals surface area contributed by atoms with Gasteiger partial charge in [-0.3, -0.25) is 14.6 Å². The summed E-state index contributed by atoms with van der Waals surface area (Å²) in [5, 5.41) is 2.41. The second-order valence-corrected chi connectivity index (χ2v) is 5.81. The molecule has 0 bridgehead atoms. The van der Waals surface area contributed by atoms with E-state index in [4.69, 9.17) is 15.0 Å². The third kappa shape index (κ3) is 7.04. The largest absolute Gasteiger partial charge is 0.461 e. The highest BCUT2D eigenvalue weighted by molar-refractivity contribution is 6.25. The number of ether oxygens (including phenoxy) is 2. The Morgan fingerprint density at radius 1 is 1.41 bits per heavy atom. The lowest BCUT2D eigenvalue weighted by molar-refractivity contribution is -0.152. The number of hydrogen-bond acceptors (Lipinski definition) is 6. The van der Waals surface area contributed by atoms with E-state index in [-0.39, 0.29) is 18.4 Å². The fourth-order valence-electron chi connectivity index (χ4n) is 2.20. The van der Waals surface area contributed by atoms with Crippen LogP contribution in [0, 0.1) is 5.82 Å². The second-order valence-electron chi connectivity index (χ2n) is 5.81. The maximum Gasteiger partial charge on any atom is 0.328 e. The van der Waals surface area contributed by atoms with E-state index in [1.54, 1.807) is 13.8 Å². The SMILES string of the molecule is CO[C@H](C(=O)N[C@@H](CCC(=O)C=[N+]=[N-])C(=O)OC(C)C)c1ccncc1F. The first-order valence-corrected chi connectivity index (χ1v) is 8.13. The van der Waals surface area contributed by atoms with Gasteiger partial charge in [0.1, 0.15) is 11.9 Å². The number of esters is 1. The number of methoxy groups -OCH3 is 1. The summed E-state index contributed by atoms with van der Waals surface area (Å²) in [6.45, 7) is 3.26. The molecule has 0 aromatic carbocycles. The molecule has 1 amide bonds. The van der Waals surface area contributed by atoms with E-state index in [0.29, 0.717) is 6.21 Å². The molecule has 1 rings (SSSR count). The molecule has 0 aliphatic carbocycles. The van der Waals surface area contributed by atoms with Crippen LogP contribution in [-0.2, 0) is 23.9 Å². The van der Waals surface area contributed by atoms with Gasteiger partial charge in [-0.15, -0.1) is 0 Å². The van der Waals surface area contributed by atoms with E-state index in [2.05, 4.69) is 15.1 Å². The number of ketones is 1. The zero-order chi connectivity index (χ0) is 20.4. The first-order chi connectivity index (χ1) is 12.8. The molecule has 0 unspecified atom stereocenters. The van der Waals surface area contributed by atoms with Crippen molar-refractivity contribution in [2.24, 2.45) is 0 Å². The topological polar surface area (TPSA) is 131 Å². The molecule has 0 aliphatic heterocycles. The van der Waals surface area contributed by atoms with Crippen molar-refractivity contribution in [2.75, 3.05) is 7.11 Å². The molecule has 2 atom stereocenters. The van der Waals surface area contributed by atoms with E-state index in [1.165, 1.54) is 19.4 Å². The summed E-state index contributed by atoms with van der Waals surface area (Å²) in [6.07, 6.45) is 0.887. The quantitative estimate of drug-likeness (QED) is 0.279. The highest BCUT2D eigenvalue weighted by Crippen LogP contribution is 2.20. The maximum atomic E-state index is 13.9. The zero-order valence-electron chi connectivity index (χ0n) is 15.2. The number of Topliss-reactive ketones (excluding diaryl/α,β-unsaturated/α-hetero) is 1. The Labute approximate surface area is 155 Å². The Morgan fingerprint density at radius 3 is 2.67 bits per heavy atom. The zero-order valence-corrected chi connectivity index (χ0v) is 15.2. The van der Waals surface area contributed by atoms with Crippen LogP contribution in [0.1, 0.15) is 38.4 Å². The summed E-state index contributed by atoms with van der Waals surface area (Å²) < 4.78 is 24.0. The molecular weight excluding hydrogens is 359 g/mol. The molecule has 146 valence electrons. The average Bonchev–Trinajstić information content (AvgIpc) is 2.60. The van der Waals surface area contributed by atoms with Crippen LogP contribution in [-0.4, -0.2) is 52.9 Å². The highest BCUT2D eigenvalue weighted by atomic mass is 19.1. The van der Waals surface area contributed by atoms with Crippen LogP contribution in [0.3, 0.4) is 0 Å². The van der Waals surface area contributed by atoms with E-state index < -0.39 is 41.7 Å². The van der Waals surface area contributed by atoms with Crippen LogP contribution in [0.25, 0.3) is 5.53 Å². The van der Waals surface area contributed by atoms with Crippen LogP contribution in [0.5, 0.6) is 0 Å². The number of amides is 1. The van der Waals surface area contributed by atoms with Crippen molar-refractivity contribution in [1.29, 1.82) is 0 Å². The number of pyridine rings is 1. The molecule has 1 heterocycles. The van der Waals surface area contributed by atoms with Gasteiger partial charge in [0, 0.05) is 25.3 Å². The second kappa shape index (κ2) is 10.9. The predicted molar refractivity (Wildman–Crippen MR) is 91.0 cm³/mol. The molecule has 1 aromatic rings. The minimum atomic E-state index is -1.32. The van der Waals surface area contributed by atoms with Gasteiger partial charge in [0.15, 0.2) is 6.10 Å². The van der Waals surface area contributed by atoms with Gasteiger partial charge in [-0.1, -0.05) is 0 Å². The van der Waals surface area contributed by atoms with E-state index in [0.717, 1.165) is 6.20 Å². The van der Waals surface area contributed by atoms with Crippen LogP contribution in [0.15, 0.2) is 18.5 Å². The lowest BCUT2D eigenvalue weighted by Gasteiger charge is -2.22. The molecule has 10 heteroatoms. The van der Waals surface area contributed by atoms with Gasteiger partial charge in [-0.05, 0) is 26.3 Å². The van der Waals surface area contributed by atoms with Crippen molar-refractivity contribution in [3.63, 3.8) is 0 Å². The molecule has 9 nitrogen and oxygen atoms in total. The van der Waals surface area contributed by atoms with Crippen molar-refractivity contribution < 1.29 is 33.0 Å². The summed E-state index contributed by atoms with van der Waals surface area (Å²) in [7, 11) is 1.22. The third-order valence-electron chi connectivity index (χ3n) is 3.39. The van der Waals surface area contributed by atoms with E-state index in [9.17, 15) is 18.8 Å². The molecule has 1 aromatic heterocycles. The number of carbonyl (C=O) groups excluding carboxylic acids is 3. The number of carbonyl (C=O) groups is 3. The number of halogens is 1. The Kier molecular flexibility index (Phi) is 8.91. The fourth-order valence-corrected chi connectivity index (χ4v) is 2.20. The predicted octanol–water partition coefficient (Wildman–Crippen LogP) is 0.994. The summed E-state index contributed by atoms with van der Waals surface area (Å²) in [6, 6.07) is 0.115. The Morgan fingerprint density at radius 2 is 2.11 bits per heavy atom. The van der Waals surface area contributed by atoms with E-state index in [1.807, 2.05) is 0 Å². The standard InChI is InChI=1S/C17H21FN4O5/c1-10(2)27-17(25)14(5-4-11(23)8-21-19)22-16(24)15(26-3)12-6-7-20-9-13(12)18/h6-10,14-15H,4-5H2,1-3H3,(H,22,24)/t14-,15-/m0/s1. The number of nitrogens with zero attached hydrogens (tertiary/aromatic N) is 3. The molecule has 1 N–H and O–H groups in total. The van der Waals surface area contributed by atoms with Gasteiger partial charge in [-0.2, -0.15) is 4.79 Å². The van der Waals surface area contributed by atoms with Gasteiger partial charge in [0.2, 0.25) is 5.78 Å². The Balaban J connectivity index is 2.95. The molecule has 0 spiro atoms. The summed E-state index contributed by atoms with van der Waals surface area (Å²) in [4.78, 5) is 42.4. The van der Waals surface area contributed by atoms with Gasteiger partial charge >= 0.3 is 12.2 Å². The van der Waals surface area contributed by atoms with Gasteiger partial charge < -0.3 is 20.3 Å². The molecule has 0 radical (unpaired) electrons. The van der Waals surface area contributed by atoms with E-state index >= 15 is 0 Å². The van der Waals surface area contributed by atoms with Crippen LogP contribution < -0.4 is 5.32 Å². The number of hydrogen-bond donors (Lipinski definition) is 1. The van der Waals surface area contributed by atoms with Crippen molar-refractivity contribution in [3.05, 3.63) is 35.4 Å². The molecule has 0 aliphatic rings. The van der Waals surface area contributed by atoms with Gasteiger partial charge in [0.05, 0.1) is 12.3 Å². The van der Waals surface area contributed by atoms with Crippen molar-refractivity contribution in [2.45, 2.75) is 44.9 Å². The smallest absolute Gasteiger partial charge is 0.328 e. The highest BCUT2D eigenvalue weighted by Gasteiger charge is 2.30. The minimum absolute atomic E-state index is 0.0514. The van der Waals surface area contributed by atoms with Crippen molar-refractivity contribution in [3.8, 4) is 0 Å². The molecule has 0 fully saturated rings. The summed E-state index contributed by atoms with van der Waals surface area (Å²) >= 11 is 0. The van der Waals surface area contributed by atoms with Crippen molar-refractivity contribution >= 4 is 23.9 Å². The lowest BCUT2D eigenvalue weighted by Crippen LogP contribution is -2.45. The van der Waals surface area contributed by atoms with Crippen LogP contribution in [0.2, 0.25) is 0 Å². The number of nitrogens with one attached hydrogen (secondary N) is 1. The lowest BCUT2D eigenvalue weighted by atomic mass is 10.1. The minimum Gasteiger partial charge on any atom is -0.461 e. The first-order valence-electron chi connectivity index (χ1n) is 8.13. The Bertz CT molecular complexity index is 734. The first kappa shape index (κ1) is 22.1. The van der Waals surface area contributed by atoms with Gasteiger partial charge in [-0.25, -0.2) is 9.18 Å². The Hall–Kier alpha value is -2.97. The number of aromatic nitrogens is 1. The average molecular weight is 380 g/mol. The summed E-state index contributed by atoms with van der Waals surface area (Å²) in [5.41, 5.74) is 8.31. The maximum absolute atomic E-state index is 13.9. The third-order valence-corrected chi connectivity index (χ3v) is 3.39. The van der Waals surface area contributed by atoms with Crippen molar-refractivity contribution in [1.82, 2.24) is 10.3 Å². The molecule has 0 saturated heterocycles. The normalized spacial score (nSPS) is 12.6. The molecule has 27 heavy (non-hydrogen) atoms. The molecule has 0 saturated carbocycles. The molecular formula is C17H21FN4O5. The summed E-state index contributed by atoms with van der Waals surface area (Å²) in [5.74, 6) is -2.82. The number of rotatable bonds is 10.